The van der Waals surface area contributed by atoms with Gasteiger partial charge >= 0.3 is 0 Å². The predicted octanol–water partition coefficient (Wildman–Crippen LogP) is 2.14. The Kier molecular flexibility index (Phi) is 3.93. The van der Waals surface area contributed by atoms with Crippen molar-refractivity contribution in [3.05, 3.63) is 40.9 Å². The first kappa shape index (κ1) is 13.7. The van der Waals surface area contributed by atoms with Gasteiger partial charge in [-0.25, -0.2) is 4.98 Å². The summed E-state index contributed by atoms with van der Waals surface area (Å²) in [5, 5.41) is 6.37. The van der Waals surface area contributed by atoms with Crippen LogP contribution in [-0.2, 0) is 10.1 Å². The number of hydrazone groups is 1. The normalized spacial score (nSPS) is 11.9. The van der Waals surface area contributed by atoms with Crippen LogP contribution in [0.4, 0.5) is 5.13 Å². The number of nitrogens with zero attached hydrogens (tertiary/aromatic N) is 2. The Morgan fingerprint density at radius 1 is 1.42 bits per heavy atom. The van der Waals surface area contributed by atoms with E-state index >= 15 is 0 Å². The quantitative estimate of drug-likeness (QED) is 0.512. The molecule has 6 nitrogen and oxygen atoms in total. The smallest absolute Gasteiger partial charge is 0.282 e. The van der Waals surface area contributed by atoms with Gasteiger partial charge < -0.3 is 0 Å². The average molecular weight is 297 g/mol. The molecule has 0 atom stereocenters. The molecule has 1 aromatic carbocycles. The van der Waals surface area contributed by atoms with E-state index in [9.17, 15) is 8.42 Å². The maximum Gasteiger partial charge on any atom is 0.295 e. The summed E-state index contributed by atoms with van der Waals surface area (Å²) in [5.74, 6) is 0. The molecule has 2 rings (SSSR count). The standard InChI is InChI=1S/C11H11N3O3S2/c1-8-7-18-11(13-8)14-12-6-9-4-2-3-5-10(9)19(15,16)17/h2-7H,1H3,(H,13,14)(H,15,16,17). The van der Waals surface area contributed by atoms with Gasteiger partial charge in [-0.15, -0.1) is 11.3 Å². The molecule has 0 fully saturated rings. The van der Waals surface area contributed by atoms with Crippen LogP contribution in [0.25, 0.3) is 0 Å². The first-order chi connectivity index (χ1) is 8.97. The summed E-state index contributed by atoms with van der Waals surface area (Å²) in [4.78, 5) is 3.95. The second-order valence-electron chi connectivity index (χ2n) is 3.68. The minimum absolute atomic E-state index is 0.184. The minimum Gasteiger partial charge on any atom is -0.282 e. The largest absolute Gasteiger partial charge is 0.295 e. The number of aryl methyl sites for hydroxylation is 1. The molecule has 1 aromatic heterocycles. The van der Waals surface area contributed by atoms with Crippen LogP contribution < -0.4 is 5.43 Å². The second-order valence-corrected chi connectivity index (χ2v) is 5.92. The number of anilines is 1. The zero-order valence-corrected chi connectivity index (χ0v) is 11.6. The fraction of sp³-hybridized carbons (Fsp3) is 0.0909. The van der Waals surface area contributed by atoms with Gasteiger partial charge in [0.15, 0.2) is 0 Å². The van der Waals surface area contributed by atoms with E-state index in [1.807, 2.05) is 12.3 Å². The Morgan fingerprint density at radius 3 is 2.79 bits per heavy atom. The lowest BCUT2D eigenvalue weighted by molar-refractivity contribution is 0.483. The lowest BCUT2D eigenvalue weighted by Crippen LogP contribution is -2.03. The van der Waals surface area contributed by atoms with Crippen molar-refractivity contribution < 1.29 is 13.0 Å². The third kappa shape index (κ3) is 3.60. The van der Waals surface area contributed by atoms with Gasteiger partial charge in [-0.2, -0.15) is 13.5 Å². The summed E-state index contributed by atoms with van der Waals surface area (Å²) in [6.45, 7) is 1.86. The van der Waals surface area contributed by atoms with Crippen molar-refractivity contribution in [1.29, 1.82) is 0 Å². The van der Waals surface area contributed by atoms with Gasteiger partial charge in [-0.05, 0) is 13.0 Å². The molecular weight excluding hydrogens is 286 g/mol. The van der Waals surface area contributed by atoms with Crippen LogP contribution >= 0.6 is 11.3 Å². The van der Waals surface area contributed by atoms with E-state index in [0.717, 1.165) is 5.69 Å². The van der Waals surface area contributed by atoms with E-state index in [4.69, 9.17) is 4.55 Å². The lowest BCUT2D eigenvalue weighted by atomic mass is 10.2. The van der Waals surface area contributed by atoms with Gasteiger partial charge in [0.1, 0.15) is 4.90 Å². The number of benzene rings is 1. The molecule has 0 saturated heterocycles. The Bertz CT molecular complexity index is 707. The summed E-state index contributed by atoms with van der Waals surface area (Å²) in [6, 6.07) is 6.03. The number of nitrogens with one attached hydrogen (secondary N) is 1. The van der Waals surface area contributed by atoms with Crippen molar-refractivity contribution in [2.45, 2.75) is 11.8 Å². The number of rotatable bonds is 4. The highest BCUT2D eigenvalue weighted by molar-refractivity contribution is 7.86. The van der Waals surface area contributed by atoms with Crippen molar-refractivity contribution in [2.24, 2.45) is 5.10 Å². The summed E-state index contributed by atoms with van der Waals surface area (Å²) < 4.78 is 31.4. The molecule has 0 spiro atoms. The Balaban J connectivity index is 2.20. The van der Waals surface area contributed by atoms with Crippen LogP contribution in [-0.4, -0.2) is 24.2 Å². The summed E-state index contributed by atoms with van der Waals surface area (Å²) in [6.07, 6.45) is 1.32. The van der Waals surface area contributed by atoms with E-state index in [2.05, 4.69) is 15.5 Å². The van der Waals surface area contributed by atoms with Gasteiger partial charge in [0.05, 0.1) is 11.9 Å². The molecule has 0 amide bonds. The van der Waals surface area contributed by atoms with Crippen molar-refractivity contribution in [3.8, 4) is 0 Å². The molecule has 0 aliphatic rings. The van der Waals surface area contributed by atoms with Crippen molar-refractivity contribution in [2.75, 3.05) is 5.43 Å². The molecule has 0 aliphatic carbocycles. The van der Waals surface area contributed by atoms with E-state index in [0.29, 0.717) is 10.7 Å². The Morgan fingerprint density at radius 2 is 2.16 bits per heavy atom. The number of aromatic nitrogens is 1. The number of hydrogen-bond acceptors (Lipinski definition) is 6. The molecule has 2 N–H and O–H groups in total. The number of thiazole rings is 1. The molecule has 2 aromatic rings. The molecule has 0 bridgehead atoms. The number of hydrogen-bond donors (Lipinski definition) is 2. The predicted molar refractivity (Wildman–Crippen MR) is 74.3 cm³/mol. The maximum absolute atomic E-state index is 11.2. The van der Waals surface area contributed by atoms with E-state index in [1.54, 1.807) is 12.1 Å². The highest BCUT2D eigenvalue weighted by Crippen LogP contribution is 2.15. The van der Waals surface area contributed by atoms with Gasteiger partial charge in [-0.3, -0.25) is 9.98 Å². The maximum atomic E-state index is 11.2. The molecule has 0 saturated carbocycles. The molecule has 19 heavy (non-hydrogen) atoms. The average Bonchev–Trinajstić information content (AvgIpc) is 2.74. The molecular formula is C11H11N3O3S2. The Hall–Kier alpha value is -1.77. The van der Waals surface area contributed by atoms with Crippen molar-refractivity contribution in [3.63, 3.8) is 0 Å². The van der Waals surface area contributed by atoms with Crippen LogP contribution in [0.1, 0.15) is 11.3 Å². The fourth-order valence-electron chi connectivity index (χ4n) is 1.38. The van der Waals surface area contributed by atoms with Gasteiger partial charge in [0, 0.05) is 10.9 Å². The van der Waals surface area contributed by atoms with Crippen LogP contribution in [0.2, 0.25) is 0 Å². The topological polar surface area (TPSA) is 91.7 Å². The molecule has 100 valence electrons. The third-order valence-electron chi connectivity index (χ3n) is 2.18. The van der Waals surface area contributed by atoms with E-state index in [1.165, 1.54) is 29.7 Å². The molecule has 0 aliphatic heterocycles. The first-order valence-corrected chi connectivity index (χ1v) is 7.56. The third-order valence-corrected chi connectivity index (χ3v) is 3.97. The molecule has 0 radical (unpaired) electrons. The van der Waals surface area contributed by atoms with Crippen LogP contribution in [0.5, 0.6) is 0 Å². The summed E-state index contributed by atoms with van der Waals surface area (Å²) >= 11 is 1.39. The molecule has 1 heterocycles. The van der Waals surface area contributed by atoms with Gasteiger partial charge in [0.25, 0.3) is 10.1 Å². The lowest BCUT2D eigenvalue weighted by Gasteiger charge is -2.01. The molecule has 8 heteroatoms. The van der Waals surface area contributed by atoms with Crippen molar-refractivity contribution in [1.82, 2.24) is 4.98 Å². The summed E-state index contributed by atoms with van der Waals surface area (Å²) in [7, 11) is -4.26. The van der Waals surface area contributed by atoms with E-state index < -0.39 is 10.1 Å². The first-order valence-electron chi connectivity index (χ1n) is 5.24. The molecule has 0 unspecified atom stereocenters. The van der Waals surface area contributed by atoms with Crippen LogP contribution in [0.3, 0.4) is 0 Å². The minimum atomic E-state index is -4.26. The Labute approximate surface area is 114 Å². The zero-order chi connectivity index (χ0) is 13.9. The van der Waals surface area contributed by atoms with Crippen LogP contribution in [0.15, 0.2) is 39.6 Å². The van der Waals surface area contributed by atoms with Gasteiger partial charge in [0.2, 0.25) is 5.13 Å². The van der Waals surface area contributed by atoms with E-state index in [-0.39, 0.29) is 4.90 Å². The zero-order valence-electron chi connectivity index (χ0n) is 9.94. The highest BCUT2D eigenvalue weighted by atomic mass is 32.2. The fourth-order valence-corrected chi connectivity index (χ4v) is 2.69. The monoisotopic (exact) mass is 297 g/mol. The van der Waals surface area contributed by atoms with Gasteiger partial charge in [-0.1, -0.05) is 18.2 Å². The second kappa shape index (κ2) is 5.47. The highest BCUT2D eigenvalue weighted by Gasteiger charge is 2.12. The summed E-state index contributed by atoms with van der Waals surface area (Å²) in [5.41, 5.74) is 3.87. The van der Waals surface area contributed by atoms with Crippen molar-refractivity contribution >= 4 is 32.8 Å². The van der Waals surface area contributed by atoms with Crippen LogP contribution in [0, 0.1) is 6.92 Å². The SMILES string of the molecule is Cc1csc(NN=Cc2ccccc2S(=O)(=O)O)n1.